The summed E-state index contributed by atoms with van der Waals surface area (Å²) in [4.78, 5) is 4.52. The van der Waals surface area contributed by atoms with Crippen molar-refractivity contribution in [3.05, 3.63) is 41.6 Å². The molecule has 2 N–H and O–H groups in total. The number of rotatable bonds is 4. The molecule has 0 aliphatic heterocycles. The van der Waals surface area contributed by atoms with E-state index >= 15 is 0 Å². The van der Waals surface area contributed by atoms with E-state index in [0.29, 0.717) is 5.75 Å². The van der Waals surface area contributed by atoms with Crippen molar-refractivity contribution >= 4 is 5.69 Å². The molecular weight excluding hydrogens is 304 g/mol. The Morgan fingerprint density at radius 1 is 1.12 bits per heavy atom. The number of benzene rings is 1. The van der Waals surface area contributed by atoms with Crippen LogP contribution in [0.2, 0.25) is 0 Å². The third kappa shape index (κ3) is 2.03. The Hall–Kier alpha value is -3.02. The van der Waals surface area contributed by atoms with Crippen molar-refractivity contribution in [2.45, 2.75) is 6.42 Å². The van der Waals surface area contributed by atoms with Gasteiger partial charge in [-0.3, -0.25) is 10.1 Å². The zero-order chi connectivity index (χ0) is 16.7. The molecule has 2 aromatic heterocycles. The number of anilines is 1. The first-order valence-electron chi connectivity index (χ1n) is 7.72. The molecule has 1 aromatic carbocycles. The third-order valence-corrected chi connectivity index (χ3v) is 4.41. The van der Waals surface area contributed by atoms with E-state index in [1.165, 1.54) is 5.56 Å². The number of nitrogens with zero attached hydrogens (tertiary/aromatic N) is 2. The van der Waals surface area contributed by atoms with Crippen LogP contribution in [0.25, 0.3) is 22.6 Å². The van der Waals surface area contributed by atoms with Crippen LogP contribution >= 0.6 is 0 Å². The first-order valence-corrected chi connectivity index (χ1v) is 7.72. The average Bonchev–Trinajstić information content (AvgIpc) is 3.19. The van der Waals surface area contributed by atoms with Gasteiger partial charge in [-0.1, -0.05) is 0 Å². The molecule has 1 aliphatic carbocycles. The van der Waals surface area contributed by atoms with E-state index in [-0.39, 0.29) is 0 Å². The van der Waals surface area contributed by atoms with Crippen LogP contribution in [-0.4, -0.2) is 36.4 Å². The summed E-state index contributed by atoms with van der Waals surface area (Å²) < 4.78 is 10.8. The fraction of sp³-hybridized carbons (Fsp3) is 0.222. The molecule has 0 fully saturated rings. The highest BCUT2D eigenvalue weighted by atomic mass is 16.5. The summed E-state index contributed by atoms with van der Waals surface area (Å²) in [5, 5.41) is 10.9. The highest BCUT2D eigenvalue weighted by Gasteiger charge is 2.28. The number of nitrogens with one attached hydrogen (secondary N) is 2. The van der Waals surface area contributed by atoms with Gasteiger partial charge in [0.1, 0.15) is 5.69 Å². The van der Waals surface area contributed by atoms with Gasteiger partial charge >= 0.3 is 0 Å². The largest absolute Gasteiger partial charge is 0.493 e. The van der Waals surface area contributed by atoms with E-state index in [4.69, 9.17) is 9.47 Å². The summed E-state index contributed by atoms with van der Waals surface area (Å²) in [6.45, 7) is 0. The molecular formula is C18H18N4O2. The first-order chi connectivity index (χ1) is 11.8. The number of hydrogen-bond donors (Lipinski definition) is 2. The van der Waals surface area contributed by atoms with E-state index in [1.54, 1.807) is 20.4 Å². The maximum Gasteiger partial charge on any atom is 0.161 e. The van der Waals surface area contributed by atoms with Crippen LogP contribution in [0.1, 0.15) is 11.1 Å². The number of methoxy groups -OCH3 is 2. The topological polar surface area (TPSA) is 72.1 Å². The Bertz CT molecular complexity index is 917. The second-order valence-electron chi connectivity index (χ2n) is 5.62. The summed E-state index contributed by atoms with van der Waals surface area (Å²) in [6.07, 6.45) is 2.58. The molecule has 0 saturated carbocycles. The van der Waals surface area contributed by atoms with Crippen molar-refractivity contribution < 1.29 is 9.47 Å². The lowest BCUT2D eigenvalue weighted by atomic mass is 10.1. The van der Waals surface area contributed by atoms with Gasteiger partial charge in [0.25, 0.3) is 0 Å². The van der Waals surface area contributed by atoms with Gasteiger partial charge in [-0.25, -0.2) is 0 Å². The molecule has 0 bridgehead atoms. The zero-order valence-electron chi connectivity index (χ0n) is 13.8. The molecule has 0 spiro atoms. The molecule has 6 heteroatoms. The van der Waals surface area contributed by atoms with E-state index in [1.807, 2.05) is 31.3 Å². The van der Waals surface area contributed by atoms with Crippen LogP contribution in [0, 0.1) is 0 Å². The highest BCUT2D eigenvalue weighted by molar-refractivity contribution is 5.84. The molecule has 6 nitrogen and oxygen atoms in total. The maximum atomic E-state index is 5.42. The number of ether oxygens (including phenoxy) is 2. The second-order valence-corrected chi connectivity index (χ2v) is 5.62. The lowest BCUT2D eigenvalue weighted by Gasteiger charge is -2.10. The van der Waals surface area contributed by atoms with Gasteiger partial charge in [-0.05, 0) is 29.8 Å². The smallest absolute Gasteiger partial charge is 0.161 e. The van der Waals surface area contributed by atoms with Crippen LogP contribution in [0.3, 0.4) is 0 Å². The molecule has 0 atom stereocenters. The molecule has 1 aliphatic rings. The molecule has 122 valence electrons. The van der Waals surface area contributed by atoms with Crippen molar-refractivity contribution in [2.75, 3.05) is 26.6 Å². The fourth-order valence-corrected chi connectivity index (χ4v) is 3.24. The summed E-state index contributed by atoms with van der Waals surface area (Å²) in [7, 11) is 5.18. The van der Waals surface area contributed by atoms with Crippen molar-refractivity contribution in [3.63, 3.8) is 0 Å². The van der Waals surface area contributed by atoms with Crippen LogP contribution in [0.15, 0.2) is 30.5 Å². The summed E-state index contributed by atoms with van der Waals surface area (Å²) >= 11 is 0. The SMILES string of the molecule is CNc1cccnc1-c1[nH]nc2c1Cc1cc(OC)c(OC)cc1-2. The van der Waals surface area contributed by atoms with E-state index in [9.17, 15) is 0 Å². The van der Waals surface area contributed by atoms with Gasteiger partial charge in [0.05, 0.1) is 31.3 Å². The Balaban J connectivity index is 1.85. The van der Waals surface area contributed by atoms with Crippen molar-refractivity contribution in [1.82, 2.24) is 15.2 Å². The quantitative estimate of drug-likeness (QED) is 0.604. The molecule has 0 saturated heterocycles. The molecule has 2 heterocycles. The standard InChI is InChI=1S/C18H18N4O2/c1-19-13-5-4-6-20-18(13)17-12-7-10-8-14(23-2)15(24-3)9-11(10)16(12)21-22-17/h4-6,8-9,19H,7H2,1-3H3,(H,21,22). The number of aromatic amines is 1. The molecule has 24 heavy (non-hydrogen) atoms. The van der Waals surface area contributed by atoms with Gasteiger partial charge < -0.3 is 14.8 Å². The highest BCUT2D eigenvalue weighted by Crippen LogP contribution is 2.45. The monoisotopic (exact) mass is 322 g/mol. The molecule has 0 radical (unpaired) electrons. The summed E-state index contributed by atoms with van der Waals surface area (Å²) in [5.74, 6) is 1.45. The van der Waals surface area contributed by atoms with E-state index in [0.717, 1.165) is 46.1 Å². The summed E-state index contributed by atoms with van der Waals surface area (Å²) in [5.41, 5.74) is 7.15. The number of fused-ring (bicyclic) bond motifs is 3. The van der Waals surface area contributed by atoms with Gasteiger partial charge in [0.2, 0.25) is 0 Å². The Labute approximate surface area is 139 Å². The minimum atomic E-state index is 0.711. The lowest BCUT2D eigenvalue weighted by Crippen LogP contribution is -1.97. The normalized spacial score (nSPS) is 11.8. The Morgan fingerprint density at radius 3 is 2.67 bits per heavy atom. The van der Waals surface area contributed by atoms with Gasteiger partial charge in [0.15, 0.2) is 11.5 Å². The number of hydrogen-bond acceptors (Lipinski definition) is 5. The predicted octanol–water partition coefficient (Wildman–Crippen LogP) is 3.10. The molecule has 0 amide bonds. The Kier molecular flexibility index (Phi) is 3.37. The zero-order valence-corrected chi connectivity index (χ0v) is 13.8. The number of pyridine rings is 1. The molecule has 0 unspecified atom stereocenters. The number of H-pyrrole nitrogens is 1. The van der Waals surface area contributed by atoms with Crippen LogP contribution in [-0.2, 0) is 6.42 Å². The fourth-order valence-electron chi connectivity index (χ4n) is 3.24. The molecule has 3 aromatic rings. The Morgan fingerprint density at radius 2 is 1.92 bits per heavy atom. The van der Waals surface area contributed by atoms with Crippen molar-refractivity contribution in [2.24, 2.45) is 0 Å². The first kappa shape index (κ1) is 14.6. The summed E-state index contributed by atoms with van der Waals surface area (Å²) in [6, 6.07) is 7.93. The molecule has 4 rings (SSSR count). The maximum absolute atomic E-state index is 5.42. The van der Waals surface area contributed by atoms with E-state index < -0.39 is 0 Å². The van der Waals surface area contributed by atoms with Crippen molar-refractivity contribution in [1.29, 1.82) is 0 Å². The second kappa shape index (κ2) is 5.56. The van der Waals surface area contributed by atoms with Crippen molar-refractivity contribution in [3.8, 4) is 34.1 Å². The van der Waals surface area contributed by atoms with Crippen LogP contribution < -0.4 is 14.8 Å². The van der Waals surface area contributed by atoms with Gasteiger partial charge in [0, 0.05) is 30.8 Å². The third-order valence-electron chi connectivity index (χ3n) is 4.41. The van der Waals surface area contributed by atoms with Gasteiger partial charge in [-0.2, -0.15) is 5.10 Å². The minimum Gasteiger partial charge on any atom is -0.493 e. The van der Waals surface area contributed by atoms with E-state index in [2.05, 4.69) is 20.5 Å². The van der Waals surface area contributed by atoms with Gasteiger partial charge in [-0.15, -0.1) is 0 Å². The number of aromatic nitrogens is 3. The predicted molar refractivity (Wildman–Crippen MR) is 92.7 cm³/mol. The van der Waals surface area contributed by atoms with Crippen LogP contribution in [0.4, 0.5) is 5.69 Å². The average molecular weight is 322 g/mol. The lowest BCUT2D eigenvalue weighted by molar-refractivity contribution is 0.355. The minimum absolute atomic E-state index is 0.711. The van der Waals surface area contributed by atoms with Crippen LogP contribution in [0.5, 0.6) is 11.5 Å².